The first-order chi connectivity index (χ1) is 15.4. The summed E-state index contributed by atoms with van der Waals surface area (Å²) in [7, 11) is 0. The molecule has 1 amide bonds. The van der Waals surface area contributed by atoms with Gasteiger partial charge in [-0.15, -0.1) is 11.3 Å². The number of aryl methyl sites for hydroxylation is 1. The lowest BCUT2D eigenvalue weighted by atomic mass is 10.0. The maximum Gasteiger partial charge on any atom is 0.263 e. The summed E-state index contributed by atoms with van der Waals surface area (Å²) in [6, 6.07) is 13.7. The Hall–Kier alpha value is -3.16. The normalized spacial score (nSPS) is 12.0. The van der Waals surface area contributed by atoms with E-state index in [4.69, 9.17) is 16.3 Å². The molecular formula is C24H22ClN3O3S. The van der Waals surface area contributed by atoms with Crippen molar-refractivity contribution in [3.8, 4) is 16.9 Å². The minimum absolute atomic E-state index is 0.248. The van der Waals surface area contributed by atoms with Crippen LogP contribution in [-0.4, -0.2) is 22.1 Å². The molecule has 6 nitrogen and oxygen atoms in total. The average Bonchev–Trinajstić information content (AvgIpc) is 3.12. The Bertz CT molecular complexity index is 1330. The van der Waals surface area contributed by atoms with Crippen LogP contribution in [0, 0.1) is 6.92 Å². The number of carbonyl (C=O) groups is 1. The van der Waals surface area contributed by atoms with E-state index in [1.54, 1.807) is 31.2 Å². The second kappa shape index (κ2) is 9.14. The zero-order valence-corrected chi connectivity index (χ0v) is 19.5. The molecule has 2 aromatic heterocycles. The minimum Gasteiger partial charge on any atom is -0.494 e. The number of ether oxygens (including phenoxy) is 1. The number of amides is 1. The number of carbonyl (C=O) groups excluding carboxylic acids is 1. The summed E-state index contributed by atoms with van der Waals surface area (Å²) >= 11 is 7.37. The summed E-state index contributed by atoms with van der Waals surface area (Å²) in [6.07, 6.45) is 1.44. The van der Waals surface area contributed by atoms with Crippen molar-refractivity contribution >= 4 is 44.7 Å². The molecule has 4 rings (SSSR count). The fourth-order valence-corrected chi connectivity index (χ4v) is 4.66. The summed E-state index contributed by atoms with van der Waals surface area (Å²) in [6.45, 7) is 6.17. The third kappa shape index (κ3) is 4.26. The Morgan fingerprint density at radius 2 is 1.88 bits per heavy atom. The molecule has 8 heteroatoms. The molecule has 0 aliphatic rings. The molecule has 0 saturated heterocycles. The van der Waals surface area contributed by atoms with Gasteiger partial charge in [-0.2, -0.15) is 0 Å². The van der Waals surface area contributed by atoms with Gasteiger partial charge in [0, 0.05) is 21.2 Å². The number of fused-ring (bicyclic) bond motifs is 1. The van der Waals surface area contributed by atoms with Gasteiger partial charge < -0.3 is 10.1 Å². The Labute approximate surface area is 194 Å². The number of hydrogen-bond donors (Lipinski definition) is 1. The number of hydrogen-bond acceptors (Lipinski definition) is 5. The van der Waals surface area contributed by atoms with Gasteiger partial charge in [-0.05, 0) is 62.7 Å². The first kappa shape index (κ1) is 22.0. The molecule has 0 aliphatic heterocycles. The van der Waals surface area contributed by atoms with Gasteiger partial charge in [0.2, 0.25) is 5.91 Å². The van der Waals surface area contributed by atoms with Crippen molar-refractivity contribution in [2.75, 3.05) is 11.9 Å². The predicted octanol–water partition coefficient (Wildman–Crippen LogP) is 5.69. The molecule has 0 spiro atoms. The van der Waals surface area contributed by atoms with E-state index >= 15 is 0 Å². The second-order valence-electron chi connectivity index (χ2n) is 7.30. The molecule has 0 bridgehead atoms. The topological polar surface area (TPSA) is 73.2 Å². The van der Waals surface area contributed by atoms with Crippen LogP contribution in [0.2, 0.25) is 5.02 Å². The van der Waals surface area contributed by atoms with Crippen LogP contribution >= 0.6 is 22.9 Å². The highest BCUT2D eigenvalue weighted by atomic mass is 35.5. The second-order valence-corrected chi connectivity index (χ2v) is 8.94. The van der Waals surface area contributed by atoms with E-state index in [-0.39, 0.29) is 11.5 Å². The number of anilines is 1. The van der Waals surface area contributed by atoms with E-state index in [9.17, 15) is 9.59 Å². The number of thiophene rings is 1. The van der Waals surface area contributed by atoms with Crippen LogP contribution in [0.15, 0.2) is 59.7 Å². The third-order valence-electron chi connectivity index (χ3n) is 5.18. The van der Waals surface area contributed by atoms with Crippen LogP contribution < -0.4 is 15.6 Å². The quantitative estimate of drug-likeness (QED) is 0.395. The van der Waals surface area contributed by atoms with Crippen molar-refractivity contribution in [2.24, 2.45) is 0 Å². The number of rotatable bonds is 6. The Morgan fingerprint density at radius 3 is 2.53 bits per heavy atom. The number of halogens is 1. The van der Waals surface area contributed by atoms with E-state index in [2.05, 4.69) is 10.3 Å². The van der Waals surface area contributed by atoms with Gasteiger partial charge in [0.15, 0.2) is 0 Å². The first-order valence-electron chi connectivity index (χ1n) is 10.2. The summed E-state index contributed by atoms with van der Waals surface area (Å²) in [4.78, 5) is 32.4. The molecule has 1 unspecified atom stereocenters. The highest BCUT2D eigenvalue weighted by Crippen LogP contribution is 2.36. The monoisotopic (exact) mass is 467 g/mol. The summed E-state index contributed by atoms with van der Waals surface area (Å²) in [5, 5.41) is 3.91. The van der Waals surface area contributed by atoms with Crippen molar-refractivity contribution in [3.05, 3.63) is 75.1 Å². The summed E-state index contributed by atoms with van der Waals surface area (Å²) in [5.41, 5.74) is 2.11. The zero-order chi connectivity index (χ0) is 22.8. The molecule has 164 valence electrons. The summed E-state index contributed by atoms with van der Waals surface area (Å²) in [5.74, 6) is 0.460. The molecule has 2 aromatic carbocycles. The van der Waals surface area contributed by atoms with Gasteiger partial charge in [-0.25, -0.2) is 4.98 Å². The fraction of sp³-hybridized carbons (Fsp3) is 0.208. The number of aromatic nitrogens is 2. The Kier molecular flexibility index (Phi) is 6.30. The SMILES string of the molecule is CCOc1ccc(-c2c(C)sc3ncn(C(C)C(=O)Nc4ccc(Cl)cc4)c(=O)c23)cc1. The molecular weight excluding hydrogens is 446 g/mol. The van der Waals surface area contributed by atoms with Gasteiger partial charge in [0.05, 0.1) is 18.3 Å². The van der Waals surface area contributed by atoms with E-state index < -0.39 is 6.04 Å². The van der Waals surface area contributed by atoms with Gasteiger partial charge >= 0.3 is 0 Å². The fourth-order valence-electron chi connectivity index (χ4n) is 3.53. The molecule has 1 N–H and O–H groups in total. The van der Waals surface area contributed by atoms with Crippen molar-refractivity contribution in [3.63, 3.8) is 0 Å². The standard InChI is InChI=1S/C24H22ClN3O3S/c1-4-31-19-11-5-16(6-12-19)20-15(3)32-23-21(20)24(30)28(13-26-23)14(2)22(29)27-18-9-7-17(25)8-10-18/h5-14H,4H2,1-3H3,(H,27,29). The Balaban J connectivity index is 1.71. The average molecular weight is 468 g/mol. The van der Waals surface area contributed by atoms with E-state index in [0.29, 0.717) is 27.5 Å². The van der Waals surface area contributed by atoms with Crippen molar-refractivity contribution in [2.45, 2.75) is 26.8 Å². The number of nitrogens with zero attached hydrogens (tertiary/aromatic N) is 2. The van der Waals surface area contributed by atoms with Crippen LogP contribution in [0.4, 0.5) is 5.69 Å². The molecule has 0 saturated carbocycles. The van der Waals surface area contributed by atoms with E-state index in [0.717, 1.165) is 21.8 Å². The molecule has 2 heterocycles. The minimum atomic E-state index is -0.747. The molecule has 0 fully saturated rings. The molecule has 32 heavy (non-hydrogen) atoms. The van der Waals surface area contributed by atoms with Crippen molar-refractivity contribution in [1.82, 2.24) is 9.55 Å². The lowest BCUT2D eigenvalue weighted by molar-refractivity contribution is -0.118. The van der Waals surface area contributed by atoms with Crippen LogP contribution in [0.1, 0.15) is 24.8 Å². The largest absolute Gasteiger partial charge is 0.494 e. The summed E-state index contributed by atoms with van der Waals surface area (Å²) < 4.78 is 6.90. The zero-order valence-electron chi connectivity index (χ0n) is 17.9. The van der Waals surface area contributed by atoms with Crippen LogP contribution in [0.5, 0.6) is 5.75 Å². The first-order valence-corrected chi connectivity index (χ1v) is 11.4. The lowest BCUT2D eigenvalue weighted by Gasteiger charge is -2.15. The van der Waals surface area contributed by atoms with Crippen molar-refractivity contribution < 1.29 is 9.53 Å². The van der Waals surface area contributed by atoms with E-state index in [1.165, 1.54) is 22.2 Å². The van der Waals surface area contributed by atoms with Crippen LogP contribution in [0.25, 0.3) is 21.3 Å². The molecule has 0 aliphatic carbocycles. The number of nitrogens with one attached hydrogen (secondary N) is 1. The van der Waals surface area contributed by atoms with Crippen LogP contribution in [0.3, 0.4) is 0 Å². The highest BCUT2D eigenvalue weighted by Gasteiger charge is 2.22. The van der Waals surface area contributed by atoms with Crippen LogP contribution in [-0.2, 0) is 4.79 Å². The highest BCUT2D eigenvalue weighted by molar-refractivity contribution is 7.19. The van der Waals surface area contributed by atoms with E-state index in [1.807, 2.05) is 38.1 Å². The predicted molar refractivity (Wildman–Crippen MR) is 130 cm³/mol. The van der Waals surface area contributed by atoms with Gasteiger partial charge in [0.1, 0.15) is 16.6 Å². The maximum absolute atomic E-state index is 13.5. The van der Waals surface area contributed by atoms with Gasteiger partial charge in [-0.1, -0.05) is 23.7 Å². The third-order valence-corrected chi connectivity index (χ3v) is 6.44. The Morgan fingerprint density at radius 1 is 1.19 bits per heavy atom. The smallest absolute Gasteiger partial charge is 0.263 e. The molecule has 1 atom stereocenters. The molecule has 4 aromatic rings. The molecule has 0 radical (unpaired) electrons. The number of benzene rings is 2. The lowest BCUT2D eigenvalue weighted by Crippen LogP contribution is -2.31. The maximum atomic E-state index is 13.5. The van der Waals surface area contributed by atoms with Gasteiger partial charge in [0.25, 0.3) is 5.56 Å². The van der Waals surface area contributed by atoms with Crippen molar-refractivity contribution in [1.29, 1.82) is 0 Å². The van der Waals surface area contributed by atoms with Gasteiger partial charge in [-0.3, -0.25) is 14.2 Å².